The van der Waals surface area contributed by atoms with Gasteiger partial charge in [0, 0.05) is 12.6 Å². The molecule has 0 saturated heterocycles. The van der Waals surface area contributed by atoms with Gasteiger partial charge in [-0.25, -0.2) is 0 Å². The quantitative estimate of drug-likeness (QED) is 0.725. The molecule has 0 aliphatic rings. The smallest absolute Gasteiger partial charge is 0.257 e. The molecule has 0 unspecified atom stereocenters. The van der Waals surface area contributed by atoms with Crippen molar-refractivity contribution in [2.45, 2.75) is 0 Å². The fourth-order valence-corrected chi connectivity index (χ4v) is 2.71. The van der Waals surface area contributed by atoms with Gasteiger partial charge in [0.15, 0.2) is 5.65 Å². The fourth-order valence-electron chi connectivity index (χ4n) is 2.11. The molecule has 0 aliphatic carbocycles. The van der Waals surface area contributed by atoms with Crippen LogP contribution in [0.3, 0.4) is 0 Å². The molecular formula is C13H10Cl2N4O. The van der Waals surface area contributed by atoms with Crippen LogP contribution in [0.25, 0.3) is 22.2 Å². The van der Waals surface area contributed by atoms with Crippen LogP contribution in [0.15, 0.2) is 29.1 Å². The summed E-state index contributed by atoms with van der Waals surface area (Å²) in [6, 6.07) is 6.74. The van der Waals surface area contributed by atoms with E-state index in [1.54, 1.807) is 31.3 Å². The Morgan fingerprint density at radius 1 is 1.30 bits per heavy atom. The number of pyridine rings is 1. The lowest BCUT2D eigenvalue weighted by molar-refractivity contribution is 0.786. The summed E-state index contributed by atoms with van der Waals surface area (Å²) in [7, 11) is 1.70. The highest BCUT2D eigenvalue weighted by molar-refractivity contribution is 6.39. The molecule has 3 N–H and O–H groups in total. The first-order valence-corrected chi connectivity index (χ1v) is 6.54. The molecular weight excluding hydrogens is 299 g/mol. The van der Waals surface area contributed by atoms with Gasteiger partial charge < -0.3 is 10.7 Å². The van der Waals surface area contributed by atoms with Crippen molar-refractivity contribution in [1.29, 1.82) is 0 Å². The number of nitrogen functional groups attached to an aromatic ring is 1. The number of aromatic amines is 1. The van der Waals surface area contributed by atoms with Gasteiger partial charge in [0.05, 0.1) is 21.0 Å². The fraction of sp³-hybridized carbons (Fsp3) is 0.0769. The molecule has 0 fully saturated rings. The van der Waals surface area contributed by atoms with Gasteiger partial charge in [-0.3, -0.25) is 9.48 Å². The zero-order valence-electron chi connectivity index (χ0n) is 10.4. The van der Waals surface area contributed by atoms with E-state index in [1.165, 1.54) is 4.68 Å². The van der Waals surface area contributed by atoms with Crippen molar-refractivity contribution in [3.63, 3.8) is 0 Å². The molecule has 20 heavy (non-hydrogen) atoms. The van der Waals surface area contributed by atoms with E-state index in [4.69, 9.17) is 28.9 Å². The number of nitrogens with two attached hydrogens (primary N) is 1. The van der Waals surface area contributed by atoms with Gasteiger partial charge in [-0.05, 0) is 18.2 Å². The van der Waals surface area contributed by atoms with Gasteiger partial charge in [0.1, 0.15) is 5.82 Å². The van der Waals surface area contributed by atoms with Crippen LogP contribution in [0, 0.1) is 0 Å². The molecule has 102 valence electrons. The van der Waals surface area contributed by atoms with Crippen molar-refractivity contribution >= 4 is 40.1 Å². The van der Waals surface area contributed by atoms with E-state index in [-0.39, 0.29) is 5.56 Å². The molecule has 0 bridgehead atoms. The van der Waals surface area contributed by atoms with E-state index < -0.39 is 0 Å². The number of fused-ring (bicyclic) bond motifs is 1. The monoisotopic (exact) mass is 308 g/mol. The number of benzene rings is 1. The van der Waals surface area contributed by atoms with Crippen LogP contribution in [0.4, 0.5) is 5.82 Å². The number of hydrogen-bond donors (Lipinski definition) is 2. The molecule has 2 aromatic heterocycles. The van der Waals surface area contributed by atoms with E-state index in [0.29, 0.717) is 38.0 Å². The summed E-state index contributed by atoms with van der Waals surface area (Å²) in [6.45, 7) is 0. The summed E-state index contributed by atoms with van der Waals surface area (Å²) in [6.07, 6.45) is 0. The Morgan fingerprint density at radius 3 is 2.60 bits per heavy atom. The van der Waals surface area contributed by atoms with Crippen LogP contribution < -0.4 is 11.3 Å². The first-order chi connectivity index (χ1) is 9.49. The Balaban J connectivity index is 2.40. The van der Waals surface area contributed by atoms with Gasteiger partial charge in [0.25, 0.3) is 5.56 Å². The lowest BCUT2D eigenvalue weighted by atomic mass is 10.1. The summed E-state index contributed by atoms with van der Waals surface area (Å²) in [4.78, 5) is 14.9. The van der Waals surface area contributed by atoms with Gasteiger partial charge in [-0.15, -0.1) is 0 Å². The van der Waals surface area contributed by atoms with Crippen molar-refractivity contribution in [2.24, 2.45) is 7.05 Å². The Morgan fingerprint density at radius 2 is 1.95 bits per heavy atom. The number of nitrogens with one attached hydrogen (secondary N) is 1. The highest BCUT2D eigenvalue weighted by Crippen LogP contribution is 2.34. The van der Waals surface area contributed by atoms with E-state index in [0.717, 1.165) is 0 Å². The Labute approximate surface area is 123 Å². The number of nitrogens with zero attached hydrogens (tertiary/aromatic N) is 2. The Kier molecular flexibility index (Phi) is 2.96. The summed E-state index contributed by atoms with van der Waals surface area (Å²) in [5, 5.41) is 5.59. The van der Waals surface area contributed by atoms with Crippen molar-refractivity contribution < 1.29 is 0 Å². The van der Waals surface area contributed by atoms with Crippen molar-refractivity contribution in [3.05, 3.63) is 44.7 Å². The summed E-state index contributed by atoms with van der Waals surface area (Å²) < 4.78 is 1.50. The van der Waals surface area contributed by atoms with Gasteiger partial charge in [-0.2, -0.15) is 5.10 Å². The molecule has 0 spiro atoms. The standard InChI is InChI=1S/C13H10Cl2N4O/c1-19-11(16)7-5-6(13(20)17-12(7)18-19)10-8(14)3-2-4-9(10)15/h2-5H,16H2,1H3,(H,17,18,20). The number of rotatable bonds is 1. The largest absolute Gasteiger partial charge is 0.383 e. The maximum Gasteiger partial charge on any atom is 0.257 e. The highest BCUT2D eigenvalue weighted by atomic mass is 35.5. The molecule has 2 heterocycles. The average molecular weight is 309 g/mol. The van der Waals surface area contributed by atoms with Crippen LogP contribution in [0.5, 0.6) is 0 Å². The van der Waals surface area contributed by atoms with Crippen LogP contribution >= 0.6 is 23.2 Å². The SMILES string of the molecule is Cn1nc2[nH]c(=O)c(-c3c(Cl)cccc3Cl)cc2c1N. The minimum Gasteiger partial charge on any atom is -0.383 e. The van der Waals surface area contributed by atoms with Crippen molar-refractivity contribution in [3.8, 4) is 11.1 Å². The molecule has 0 saturated carbocycles. The third-order valence-corrected chi connectivity index (χ3v) is 3.76. The molecule has 0 atom stereocenters. The molecule has 3 aromatic rings. The van der Waals surface area contributed by atoms with Gasteiger partial charge in [0.2, 0.25) is 0 Å². The number of aryl methyl sites for hydroxylation is 1. The second-order valence-corrected chi connectivity index (χ2v) is 5.19. The average Bonchev–Trinajstić information content (AvgIpc) is 2.65. The maximum atomic E-state index is 12.2. The predicted octanol–water partition coefficient (Wildman–Crippen LogP) is 2.82. The van der Waals surface area contributed by atoms with E-state index in [9.17, 15) is 4.79 Å². The lowest BCUT2D eigenvalue weighted by Crippen LogP contribution is -2.09. The highest BCUT2D eigenvalue weighted by Gasteiger charge is 2.15. The molecule has 0 aliphatic heterocycles. The molecule has 0 radical (unpaired) electrons. The minimum atomic E-state index is -0.314. The molecule has 7 heteroatoms. The summed E-state index contributed by atoms with van der Waals surface area (Å²) in [5.74, 6) is 0.459. The van der Waals surface area contributed by atoms with Gasteiger partial charge in [-0.1, -0.05) is 29.3 Å². The molecule has 3 rings (SSSR count). The number of anilines is 1. The van der Waals surface area contributed by atoms with E-state index >= 15 is 0 Å². The van der Waals surface area contributed by atoms with Crippen LogP contribution in [-0.2, 0) is 7.05 Å². The van der Waals surface area contributed by atoms with Crippen molar-refractivity contribution in [1.82, 2.24) is 14.8 Å². The second-order valence-electron chi connectivity index (χ2n) is 4.38. The number of H-pyrrole nitrogens is 1. The predicted molar refractivity (Wildman–Crippen MR) is 81.2 cm³/mol. The van der Waals surface area contributed by atoms with Crippen molar-refractivity contribution in [2.75, 3.05) is 5.73 Å². The summed E-state index contributed by atoms with van der Waals surface area (Å²) >= 11 is 12.3. The first kappa shape index (κ1) is 13.0. The third-order valence-electron chi connectivity index (χ3n) is 3.13. The normalized spacial score (nSPS) is 11.2. The van der Waals surface area contributed by atoms with Crippen LogP contribution in [0.1, 0.15) is 0 Å². The maximum absolute atomic E-state index is 12.2. The number of hydrogen-bond acceptors (Lipinski definition) is 3. The molecule has 0 amide bonds. The lowest BCUT2D eigenvalue weighted by Gasteiger charge is -2.06. The zero-order valence-corrected chi connectivity index (χ0v) is 12.0. The number of aromatic nitrogens is 3. The van der Waals surface area contributed by atoms with Crippen LogP contribution in [-0.4, -0.2) is 14.8 Å². The topological polar surface area (TPSA) is 76.7 Å². The Hall–Kier alpha value is -1.98. The minimum absolute atomic E-state index is 0.314. The number of halogens is 2. The van der Waals surface area contributed by atoms with Gasteiger partial charge >= 0.3 is 0 Å². The Bertz CT molecular complexity index is 862. The summed E-state index contributed by atoms with van der Waals surface area (Å²) in [5.41, 5.74) is 6.90. The van der Waals surface area contributed by atoms with E-state index in [2.05, 4.69) is 10.1 Å². The second kappa shape index (κ2) is 4.54. The van der Waals surface area contributed by atoms with E-state index in [1.807, 2.05) is 0 Å². The molecule has 5 nitrogen and oxygen atoms in total. The zero-order chi connectivity index (χ0) is 14.4. The molecule has 1 aromatic carbocycles. The third kappa shape index (κ3) is 1.87. The van der Waals surface area contributed by atoms with Crippen LogP contribution in [0.2, 0.25) is 10.0 Å². The first-order valence-electron chi connectivity index (χ1n) is 5.79.